The van der Waals surface area contributed by atoms with E-state index < -0.39 is 0 Å². The van der Waals surface area contributed by atoms with Crippen molar-refractivity contribution >= 4 is 5.91 Å². The normalized spacial score (nSPS) is 10.9. The van der Waals surface area contributed by atoms with E-state index in [1.807, 2.05) is 53.4 Å². The van der Waals surface area contributed by atoms with E-state index in [2.05, 4.69) is 24.1 Å². The van der Waals surface area contributed by atoms with Crippen molar-refractivity contribution < 1.29 is 4.79 Å². The van der Waals surface area contributed by atoms with Gasteiger partial charge in [-0.05, 0) is 62.5 Å². The van der Waals surface area contributed by atoms with Gasteiger partial charge in [-0.15, -0.1) is 0 Å². The Bertz CT molecular complexity index is 557. The Balaban J connectivity index is 1.80. The minimum absolute atomic E-state index is 0.00129. The molecule has 4 nitrogen and oxygen atoms in total. The highest BCUT2D eigenvalue weighted by molar-refractivity contribution is 5.94. The maximum absolute atomic E-state index is 12.1. The number of carbonyl (C=O) groups excluding carboxylic acids is 1. The third-order valence-electron chi connectivity index (χ3n) is 3.86. The zero-order valence-electron chi connectivity index (χ0n) is 13.5. The van der Waals surface area contributed by atoms with Crippen LogP contribution < -0.4 is 5.32 Å². The average molecular weight is 299 g/mol. The van der Waals surface area contributed by atoms with Crippen LogP contribution in [0.25, 0.3) is 5.69 Å². The Morgan fingerprint density at radius 1 is 1.09 bits per heavy atom. The maximum atomic E-state index is 12.1. The summed E-state index contributed by atoms with van der Waals surface area (Å²) < 4.78 is 2.02. The Hall–Kier alpha value is -2.07. The highest BCUT2D eigenvalue weighted by Crippen LogP contribution is 2.10. The number of nitrogens with one attached hydrogen (secondary N) is 1. The Morgan fingerprint density at radius 3 is 2.32 bits per heavy atom. The number of benzene rings is 1. The van der Waals surface area contributed by atoms with Crippen molar-refractivity contribution in [3.05, 3.63) is 54.4 Å². The summed E-state index contributed by atoms with van der Waals surface area (Å²) in [4.78, 5) is 14.5. The fourth-order valence-electron chi connectivity index (χ4n) is 2.44. The van der Waals surface area contributed by atoms with Gasteiger partial charge in [0.1, 0.15) is 0 Å². The molecule has 2 aromatic rings. The van der Waals surface area contributed by atoms with E-state index in [1.165, 1.54) is 0 Å². The summed E-state index contributed by atoms with van der Waals surface area (Å²) in [6.07, 6.45) is 4.96. The smallest absolute Gasteiger partial charge is 0.251 e. The molecule has 1 heterocycles. The Kier molecular flexibility index (Phi) is 6.22. The van der Waals surface area contributed by atoms with Crippen molar-refractivity contribution in [3.63, 3.8) is 0 Å². The SMILES string of the molecule is CCN(CC)CCCNC(=O)c1ccc(-n2cccc2)cc1. The molecule has 0 radical (unpaired) electrons. The fraction of sp³-hybridized carbons (Fsp3) is 0.389. The molecular formula is C18H25N3O. The molecule has 0 aliphatic rings. The summed E-state index contributed by atoms with van der Waals surface area (Å²) in [7, 11) is 0. The van der Waals surface area contributed by atoms with Gasteiger partial charge in [-0.1, -0.05) is 13.8 Å². The largest absolute Gasteiger partial charge is 0.352 e. The topological polar surface area (TPSA) is 37.3 Å². The van der Waals surface area contributed by atoms with E-state index in [0.29, 0.717) is 12.1 Å². The van der Waals surface area contributed by atoms with Gasteiger partial charge in [0.05, 0.1) is 0 Å². The van der Waals surface area contributed by atoms with Crippen molar-refractivity contribution in [1.82, 2.24) is 14.8 Å². The fourth-order valence-corrected chi connectivity index (χ4v) is 2.44. The second-order valence-corrected chi connectivity index (χ2v) is 5.27. The Morgan fingerprint density at radius 2 is 1.73 bits per heavy atom. The third-order valence-corrected chi connectivity index (χ3v) is 3.86. The van der Waals surface area contributed by atoms with Gasteiger partial charge in [0, 0.05) is 30.2 Å². The molecule has 22 heavy (non-hydrogen) atoms. The molecule has 0 aliphatic carbocycles. The minimum atomic E-state index is -0.00129. The number of hydrogen-bond acceptors (Lipinski definition) is 2. The molecule has 0 unspecified atom stereocenters. The molecule has 0 spiro atoms. The van der Waals surface area contributed by atoms with Crippen LogP contribution in [0.15, 0.2) is 48.8 Å². The molecule has 0 saturated carbocycles. The van der Waals surface area contributed by atoms with Crippen molar-refractivity contribution in [2.24, 2.45) is 0 Å². The molecular weight excluding hydrogens is 274 g/mol. The number of amides is 1. The highest BCUT2D eigenvalue weighted by atomic mass is 16.1. The van der Waals surface area contributed by atoms with Gasteiger partial charge in [-0.2, -0.15) is 0 Å². The van der Waals surface area contributed by atoms with Crippen molar-refractivity contribution in [1.29, 1.82) is 0 Å². The van der Waals surface area contributed by atoms with E-state index in [4.69, 9.17) is 0 Å². The van der Waals surface area contributed by atoms with Crippen LogP contribution in [-0.4, -0.2) is 41.6 Å². The first-order valence-electron chi connectivity index (χ1n) is 7.98. The summed E-state index contributed by atoms with van der Waals surface area (Å²) >= 11 is 0. The van der Waals surface area contributed by atoms with Crippen LogP contribution in [0.3, 0.4) is 0 Å². The van der Waals surface area contributed by atoms with Crippen LogP contribution >= 0.6 is 0 Å². The van der Waals surface area contributed by atoms with Crippen LogP contribution in [0.4, 0.5) is 0 Å². The van der Waals surface area contributed by atoms with Crippen molar-refractivity contribution in [2.75, 3.05) is 26.2 Å². The molecule has 0 saturated heterocycles. The summed E-state index contributed by atoms with van der Waals surface area (Å²) in [5, 5.41) is 2.98. The van der Waals surface area contributed by atoms with Gasteiger partial charge in [0.2, 0.25) is 0 Å². The predicted molar refractivity (Wildman–Crippen MR) is 90.5 cm³/mol. The van der Waals surface area contributed by atoms with E-state index >= 15 is 0 Å². The van der Waals surface area contributed by atoms with Crippen LogP contribution in [0, 0.1) is 0 Å². The number of hydrogen-bond donors (Lipinski definition) is 1. The van der Waals surface area contributed by atoms with Gasteiger partial charge in [-0.3, -0.25) is 4.79 Å². The first kappa shape index (κ1) is 16.3. The van der Waals surface area contributed by atoms with Gasteiger partial charge in [-0.25, -0.2) is 0 Å². The van der Waals surface area contributed by atoms with E-state index in [-0.39, 0.29) is 5.91 Å². The molecule has 1 aromatic heterocycles. The Labute approximate surface area is 132 Å². The molecule has 0 bridgehead atoms. The molecule has 0 aliphatic heterocycles. The lowest BCUT2D eigenvalue weighted by molar-refractivity contribution is 0.0952. The zero-order chi connectivity index (χ0) is 15.8. The van der Waals surface area contributed by atoms with Crippen molar-refractivity contribution in [3.8, 4) is 5.69 Å². The second-order valence-electron chi connectivity index (χ2n) is 5.27. The van der Waals surface area contributed by atoms with Gasteiger partial charge in [0.15, 0.2) is 0 Å². The van der Waals surface area contributed by atoms with Gasteiger partial charge >= 0.3 is 0 Å². The first-order chi connectivity index (χ1) is 10.7. The summed E-state index contributed by atoms with van der Waals surface area (Å²) in [6, 6.07) is 11.6. The number of nitrogens with zero attached hydrogens (tertiary/aromatic N) is 2. The molecule has 4 heteroatoms. The monoisotopic (exact) mass is 299 g/mol. The molecule has 2 rings (SSSR count). The predicted octanol–water partition coefficient (Wildman–Crippen LogP) is 2.94. The maximum Gasteiger partial charge on any atom is 0.251 e. The van der Waals surface area contributed by atoms with Crippen LogP contribution in [0.5, 0.6) is 0 Å². The molecule has 0 fully saturated rings. The van der Waals surface area contributed by atoms with Gasteiger partial charge < -0.3 is 14.8 Å². The third kappa shape index (κ3) is 4.46. The van der Waals surface area contributed by atoms with Crippen LogP contribution in [0.1, 0.15) is 30.6 Å². The molecule has 1 amide bonds. The first-order valence-corrected chi connectivity index (χ1v) is 7.98. The molecule has 1 N–H and O–H groups in total. The van der Waals surface area contributed by atoms with Crippen LogP contribution in [0.2, 0.25) is 0 Å². The standard InChI is InChI=1S/C18H25N3O/c1-3-20(4-2)13-7-12-19-18(22)16-8-10-17(11-9-16)21-14-5-6-15-21/h5-6,8-11,14-15H,3-4,7,12-13H2,1-2H3,(H,19,22). The van der Waals surface area contributed by atoms with E-state index in [1.54, 1.807) is 0 Å². The van der Waals surface area contributed by atoms with Gasteiger partial charge in [0.25, 0.3) is 5.91 Å². The zero-order valence-corrected chi connectivity index (χ0v) is 13.5. The lowest BCUT2D eigenvalue weighted by Gasteiger charge is -2.17. The number of rotatable bonds is 8. The highest BCUT2D eigenvalue weighted by Gasteiger charge is 2.05. The molecule has 1 aromatic carbocycles. The van der Waals surface area contributed by atoms with E-state index in [9.17, 15) is 4.79 Å². The quantitative estimate of drug-likeness (QED) is 0.761. The minimum Gasteiger partial charge on any atom is -0.352 e. The number of carbonyl (C=O) groups is 1. The van der Waals surface area contributed by atoms with E-state index in [0.717, 1.165) is 31.7 Å². The van der Waals surface area contributed by atoms with Crippen molar-refractivity contribution in [2.45, 2.75) is 20.3 Å². The second kappa shape index (κ2) is 8.39. The van der Waals surface area contributed by atoms with Crippen LogP contribution in [-0.2, 0) is 0 Å². The summed E-state index contributed by atoms with van der Waals surface area (Å²) in [6.45, 7) is 8.19. The molecule has 0 atom stereocenters. The lowest BCUT2D eigenvalue weighted by atomic mass is 10.2. The summed E-state index contributed by atoms with van der Waals surface area (Å²) in [5.74, 6) is -0.00129. The summed E-state index contributed by atoms with van der Waals surface area (Å²) in [5.41, 5.74) is 1.77. The number of aromatic nitrogens is 1. The molecule has 118 valence electrons. The lowest BCUT2D eigenvalue weighted by Crippen LogP contribution is -2.29. The average Bonchev–Trinajstić information content (AvgIpc) is 3.09.